The Bertz CT molecular complexity index is 1250. The maximum atomic E-state index is 7.51. The zero-order valence-corrected chi connectivity index (χ0v) is 24.4. The first-order valence-electron chi connectivity index (χ1n) is 10.0. The van der Waals surface area contributed by atoms with E-state index in [0.29, 0.717) is 52.4 Å². The number of halogens is 8. The van der Waals surface area contributed by atoms with Gasteiger partial charge in [0.05, 0.1) is 0 Å². The molecule has 0 nitrogen and oxygen atoms in total. The highest BCUT2D eigenvalue weighted by molar-refractivity contribution is 8.03. The Morgan fingerprint density at radius 3 is 1.06 bits per heavy atom. The molecule has 0 saturated heterocycles. The standard InChI is InChI=1S/C26H14Cl8S/c27-17-5-1-15(2-6-17)25(33,21-11-9-19(29)13-23(21)31)35-26(34,16-3-7-18(28)8-4-16)22-12-10-20(30)14-24(22)32/h1-14H. The summed E-state index contributed by atoms with van der Waals surface area (Å²) in [7, 11) is 0. The molecule has 0 aromatic heterocycles. The van der Waals surface area contributed by atoms with Crippen LogP contribution in [0.25, 0.3) is 0 Å². The van der Waals surface area contributed by atoms with Crippen LogP contribution in [0.15, 0.2) is 84.9 Å². The third kappa shape index (κ3) is 5.85. The minimum Gasteiger partial charge on any atom is -0.0967 e. The lowest BCUT2D eigenvalue weighted by Gasteiger charge is -2.38. The number of alkyl halides is 2. The largest absolute Gasteiger partial charge is 0.143 e. The van der Waals surface area contributed by atoms with Crippen LogP contribution in [0.4, 0.5) is 0 Å². The molecule has 0 spiro atoms. The highest BCUT2D eigenvalue weighted by atomic mass is 35.5. The van der Waals surface area contributed by atoms with Gasteiger partial charge in [0.25, 0.3) is 0 Å². The zero-order valence-electron chi connectivity index (χ0n) is 17.5. The fourth-order valence-electron chi connectivity index (χ4n) is 3.56. The summed E-state index contributed by atoms with van der Waals surface area (Å²) in [5, 5.41) is 2.86. The van der Waals surface area contributed by atoms with E-state index >= 15 is 0 Å². The van der Waals surface area contributed by atoms with E-state index in [1.54, 1.807) is 60.7 Å². The Kier molecular flexibility index (Phi) is 8.76. The summed E-state index contributed by atoms with van der Waals surface area (Å²) in [5.41, 5.74) is 2.62. The van der Waals surface area contributed by atoms with Crippen LogP contribution >= 0.6 is 105 Å². The summed E-state index contributed by atoms with van der Waals surface area (Å²) in [5.74, 6) is 0. The van der Waals surface area contributed by atoms with Crippen molar-refractivity contribution in [2.45, 2.75) is 8.41 Å². The molecule has 180 valence electrons. The maximum Gasteiger partial charge on any atom is 0.143 e. The highest BCUT2D eigenvalue weighted by Crippen LogP contribution is 2.62. The smallest absolute Gasteiger partial charge is 0.0967 e. The predicted octanol–water partition coefficient (Wildman–Crippen LogP) is 11.9. The topological polar surface area (TPSA) is 0 Å². The van der Waals surface area contributed by atoms with Crippen molar-refractivity contribution in [3.8, 4) is 0 Å². The molecule has 4 aromatic rings. The summed E-state index contributed by atoms with van der Waals surface area (Å²) in [6, 6.07) is 24.6. The molecule has 4 rings (SSSR count). The van der Waals surface area contributed by atoms with E-state index in [0.717, 1.165) is 0 Å². The SMILES string of the molecule is Clc1ccc(C(Cl)(SC(Cl)(c2ccc(Cl)cc2)c2ccc(Cl)cc2Cl)c2ccc(Cl)cc2Cl)cc1. The van der Waals surface area contributed by atoms with E-state index in [-0.39, 0.29) is 0 Å². The van der Waals surface area contributed by atoms with Gasteiger partial charge in [-0.15, -0.1) is 0 Å². The van der Waals surface area contributed by atoms with Crippen LogP contribution in [0.5, 0.6) is 0 Å². The Balaban J connectivity index is 1.99. The van der Waals surface area contributed by atoms with E-state index in [4.69, 9.17) is 92.8 Å². The van der Waals surface area contributed by atoms with Gasteiger partial charge in [-0.2, -0.15) is 0 Å². The fourth-order valence-corrected chi connectivity index (χ4v) is 7.99. The Morgan fingerprint density at radius 1 is 0.429 bits per heavy atom. The molecule has 0 N–H and O–H groups in total. The molecule has 2 unspecified atom stereocenters. The van der Waals surface area contributed by atoms with Gasteiger partial charge in [-0.25, -0.2) is 0 Å². The van der Waals surface area contributed by atoms with Gasteiger partial charge in [0.1, 0.15) is 8.41 Å². The van der Waals surface area contributed by atoms with Crippen LogP contribution in [0, 0.1) is 0 Å². The van der Waals surface area contributed by atoms with E-state index in [2.05, 4.69) is 0 Å². The highest BCUT2D eigenvalue weighted by Gasteiger charge is 2.46. The molecular weight excluding hydrogens is 628 g/mol. The van der Waals surface area contributed by atoms with Gasteiger partial charge in [0, 0.05) is 41.3 Å². The molecule has 0 aliphatic heterocycles. The van der Waals surface area contributed by atoms with E-state index in [1.165, 1.54) is 11.8 Å². The van der Waals surface area contributed by atoms with Crippen molar-refractivity contribution in [3.05, 3.63) is 137 Å². The molecule has 0 radical (unpaired) electrons. The quantitative estimate of drug-likeness (QED) is 0.189. The zero-order chi connectivity index (χ0) is 25.4. The normalized spacial score (nSPS) is 14.9. The Labute approximate surface area is 248 Å². The monoisotopic (exact) mass is 638 g/mol. The Hall–Kier alpha value is -0.450. The van der Waals surface area contributed by atoms with Crippen LogP contribution in [0.2, 0.25) is 30.1 Å². The average Bonchev–Trinajstić information content (AvgIpc) is 2.79. The van der Waals surface area contributed by atoms with Crippen molar-refractivity contribution in [2.75, 3.05) is 0 Å². The van der Waals surface area contributed by atoms with Crippen LogP contribution in [0.1, 0.15) is 22.3 Å². The molecule has 0 aliphatic rings. The number of thioether (sulfide) groups is 1. The summed E-state index contributed by atoms with van der Waals surface area (Å²) in [4.78, 5) is 0. The molecule has 0 saturated carbocycles. The van der Waals surface area contributed by atoms with Crippen molar-refractivity contribution < 1.29 is 0 Å². The van der Waals surface area contributed by atoms with Crippen LogP contribution in [-0.4, -0.2) is 0 Å². The van der Waals surface area contributed by atoms with Gasteiger partial charge in [-0.1, -0.05) is 141 Å². The third-order valence-corrected chi connectivity index (χ3v) is 9.65. The predicted molar refractivity (Wildman–Crippen MR) is 157 cm³/mol. The fraction of sp³-hybridized carbons (Fsp3) is 0.0769. The summed E-state index contributed by atoms with van der Waals surface area (Å²) >= 11 is 54.3. The number of hydrogen-bond acceptors (Lipinski definition) is 1. The summed E-state index contributed by atoms with van der Waals surface area (Å²) < 4.78 is -2.56. The molecule has 35 heavy (non-hydrogen) atoms. The first kappa shape index (κ1) is 27.6. The van der Waals surface area contributed by atoms with Crippen molar-refractivity contribution in [1.82, 2.24) is 0 Å². The molecular formula is C26H14Cl8S. The molecule has 0 fully saturated rings. The van der Waals surface area contributed by atoms with Gasteiger partial charge in [-0.05, 0) is 59.7 Å². The van der Waals surface area contributed by atoms with E-state index in [1.807, 2.05) is 24.3 Å². The maximum absolute atomic E-state index is 7.51. The van der Waals surface area contributed by atoms with Gasteiger partial charge in [0.2, 0.25) is 0 Å². The first-order chi connectivity index (χ1) is 16.5. The second-order valence-electron chi connectivity index (χ2n) is 7.55. The summed E-state index contributed by atoms with van der Waals surface area (Å²) in [6.07, 6.45) is 0. The molecule has 2 atom stereocenters. The minimum absolute atomic E-state index is 0.382. The molecule has 4 aromatic carbocycles. The lowest BCUT2D eigenvalue weighted by atomic mass is 10.0. The van der Waals surface area contributed by atoms with E-state index < -0.39 is 8.41 Å². The van der Waals surface area contributed by atoms with Crippen LogP contribution in [0.3, 0.4) is 0 Å². The van der Waals surface area contributed by atoms with Crippen molar-refractivity contribution in [3.63, 3.8) is 0 Å². The van der Waals surface area contributed by atoms with Gasteiger partial charge in [0.15, 0.2) is 0 Å². The Morgan fingerprint density at radius 2 is 0.743 bits per heavy atom. The van der Waals surface area contributed by atoms with Crippen molar-refractivity contribution in [1.29, 1.82) is 0 Å². The van der Waals surface area contributed by atoms with Crippen molar-refractivity contribution in [2.24, 2.45) is 0 Å². The van der Waals surface area contributed by atoms with Crippen LogP contribution in [-0.2, 0) is 8.41 Å². The third-order valence-electron chi connectivity index (χ3n) is 5.27. The van der Waals surface area contributed by atoms with Gasteiger partial charge in [-0.3, -0.25) is 0 Å². The second-order valence-corrected chi connectivity index (χ2v) is 13.1. The lowest BCUT2D eigenvalue weighted by molar-refractivity contribution is 0.989. The number of hydrogen-bond donors (Lipinski definition) is 0. The molecule has 0 aliphatic carbocycles. The van der Waals surface area contributed by atoms with Crippen molar-refractivity contribution >= 4 is 105 Å². The number of benzene rings is 4. The average molecular weight is 642 g/mol. The molecule has 9 heteroatoms. The molecule has 0 amide bonds. The lowest BCUT2D eigenvalue weighted by Crippen LogP contribution is -2.27. The number of rotatable bonds is 6. The van der Waals surface area contributed by atoms with Gasteiger partial charge >= 0.3 is 0 Å². The second kappa shape index (κ2) is 11.1. The van der Waals surface area contributed by atoms with Gasteiger partial charge < -0.3 is 0 Å². The molecule has 0 bridgehead atoms. The molecule has 0 heterocycles. The minimum atomic E-state index is -1.28. The van der Waals surface area contributed by atoms with E-state index in [9.17, 15) is 0 Å². The summed E-state index contributed by atoms with van der Waals surface area (Å²) in [6.45, 7) is 0. The first-order valence-corrected chi connectivity index (χ1v) is 13.9. The van der Waals surface area contributed by atoms with Crippen LogP contribution < -0.4 is 0 Å².